The summed E-state index contributed by atoms with van der Waals surface area (Å²) in [5.74, 6) is -0.522. The van der Waals surface area contributed by atoms with Gasteiger partial charge in [-0.05, 0) is 61.7 Å². The first-order valence-electron chi connectivity index (χ1n) is 11.1. The topological polar surface area (TPSA) is 148 Å². The van der Waals surface area contributed by atoms with Crippen LogP contribution in [0.25, 0.3) is 0 Å². The minimum Gasteiger partial charge on any atom is -0.365 e. The Morgan fingerprint density at radius 1 is 0.921 bits per heavy atom. The molecule has 1 aromatic heterocycles. The van der Waals surface area contributed by atoms with Gasteiger partial charge in [0.05, 0.1) is 16.1 Å². The van der Waals surface area contributed by atoms with Crippen molar-refractivity contribution < 1.29 is 25.8 Å². The number of aromatic nitrogens is 2. The Kier molecular flexibility index (Phi) is 8.52. The summed E-state index contributed by atoms with van der Waals surface area (Å²) < 4.78 is 58.0. The van der Waals surface area contributed by atoms with Crippen LogP contribution in [0.1, 0.15) is 19.3 Å². The van der Waals surface area contributed by atoms with Crippen molar-refractivity contribution in [2.75, 3.05) is 23.3 Å². The van der Waals surface area contributed by atoms with Gasteiger partial charge in [-0.2, -0.15) is 13.4 Å². The van der Waals surface area contributed by atoms with Crippen LogP contribution in [0.3, 0.4) is 0 Å². The Balaban J connectivity index is 1.63. The van der Waals surface area contributed by atoms with Crippen LogP contribution in [0, 0.1) is 0 Å². The first-order valence-corrected chi connectivity index (χ1v) is 15.1. The largest absolute Gasteiger partial charge is 0.411 e. The monoisotopic (exact) mass is 619 g/mol. The number of hydrogen-bond donors (Lipinski definition) is 2. The Hall–Kier alpha value is -2.84. The number of carbonyl (C=O) groups is 1. The molecular weight excluding hydrogens is 601 g/mol. The summed E-state index contributed by atoms with van der Waals surface area (Å²) in [5.41, 5.74) is 0. The zero-order valence-corrected chi connectivity index (χ0v) is 23.3. The van der Waals surface area contributed by atoms with E-state index >= 15 is 0 Å². The van der Waals surface area contributed by atoms with E-state index in [9.17, 15) is 21.6 Å². The molecule has 0 aliphatic carbocycles. The Bertz CT molecular complexity index is 1560. The lowest BCUT2D eigenvalue weighted by atomic mass is 10.1. The molecule has 202 valence electrons. The van der Waals surface area contributed by atoms with Gasteiger partial charge in [0.1, 0.15) is 4.90 Å². The van der Waals surface area contributed by atoms with E-state index in [2.05, 4.69) is 15.3 Å². The summed E-state index contributed by atoms with van der Waals surface area (Å²) in [7, 11) is -8.97. The predicted molar refractivity (Wildman–Crippen MR) is 143 cm³/mol. The molecule has 0 unspecified atom stereocenters. The molecule has 2 N–H and O–H groups in total. The van der Waals surface area contributed by atoms with Crippen molar-refractivity contribution in [3.05, 3.63) is 63.7 Å². The fraction of sp³-hybridized carbons (Fsp3) is 0.227. The van der Waals surface area contributed by atoms with E-state index in [-0.39, 0.29) is 26.6 Å². The van der Waals surface area contributed by atoms with Gasteiger partial charge in [0.25, 0.3) is 0 Å². The van der Waals surface area contributed by atoms with E-state index in [0.29, 0.717) is 18.1 Å². The van der Waals surface area contributed by atoms with E-state index < -0.39 is 36.9 Å². The smallest absolute Gasteiger partial charge is 0.365 e. The number of urea groups is 1. The standard InChI is InChI=1S/C22H20Cl3N5O6S2/c23-14-4-7-16(8-5-14)37(32,33)19-13-26-21(30-10-2-1-3-11-30)27-20(19)28-22(31)29-38(34,35)36-18-9-6-15(24)12-17(18)25/h4-9,12-13H,1-3,10-11H2,(H2,26,27,28,29,31). The number of benzene rings is 2. The molecule has 1 aliphatic heterocycles. The molecule has 2 heterocycles. The fourth-order valence-corrected chi connectivity index (χ4v) is 6.17. The lowest BCUT2D eigenvalue weighted by Crippen LogP contribution is -2.38. The van der Waals surface area contributed by atoms with Crippen LogP contribution in [0.4, 0.5) is 16.6 Å². The predicted octanol–water partition coefficient (Wildman–Crippen LogP) is 4.71. The van der Waals surface area contributed by atoms with Crippen LogP contribution < -0.4 is 19.1 Å². The van der Waals surface area contributed by atoms with Crippen molar-refractivity contribution in [3.8, 4) is 5.75 Å². The summed E-state index contributed by atoms with van der Waals surface area (Å²) in [6.07, 6.45) is 3.87. The summed E-state index contributed by atoms with van der Waals surface area (Å²) in [4.78, 5) is 22.4. The number of hydrogen-bond acceptors (Lipinski definition) is 9. The van der Waals surface area contributed by atoms with E-state index in [1.165, 1.54) is 42.5 Å². The van der Waals surface area contributed by atoms with Gasteiger partial charge in [-0.25, -0.2) is 22.9 Å². The van der Waals surface area contributed by atoms with Gasteiger partial charge in [0.2, 0.25) is 15.8 Å². The molecule has 0 bridgehead atoms. The highest BCUT2D eigenvalue weighted by Crippen LogP contribution is 2.30. The molecule has 2 amide bonds. The van der Waals surface area contributed by atoms with E-state index in [1.807, 2.05) is 4.90 Å². The third kappa shape index (κ3) is 6.77. The van der Waals surface area contributed by atoms with Crippen molar-refractivity contribution in [1.82, 2.24) is 14.7 Å². The third-order valence-corrected chi connectivity index (χ3v) is 8.73. The second-order valence-corrected chi connectivity index (χ2v) is 12.5. The third-order valence-electron chi connectivity index (χ3n) is 5.34. The molecule has 3 aromatic rings. The molecule has 1 fully saturated rings. The van der Waals surface area contributed by atoms with Crippen LogP contribution >= 0.6 is 34.8 Å². The van der Waals surface area contributed by atoms with Crippen molar-refractivity contribution >= 4 is 72.7 Å². The Morgan fingerprint density at radius 2 is 1.58 bits per heavy atom. The van der Waals surface area contributed by atoms with Gasteiger partial charge in [-0.3, -0.25) is 5.32 Å². The van der Waals surface area contributed by atoms with Gasteiger partial charge in [0, 0.05) is 23.1 Å². The van der Waals surface area contributed by atoms with Crippen molar-refractivity contribution in [2.24, 2.45) is 0 Å². The highest BCUT2D eigenvalue weighted by molar-refractivity contribution is 7.91. The molecule has 1 aliphatic rings. The van der Waals surface area contributed by atoms with Crippen LogP contribution in [-0.4, -0.2) is 45.9 Å². The number of rotatable bonds is 7. The lowest BCUT2D eigenvalue weighted by molar-refractivity contribution is 0.255. The molecule has 11 nitrogen and oxygen atoms in total. The summed E-state index contributed by atoms with van der Waals surface area (Å²) in [6.45, 7) is 1.28. The average molecular weight is 621 g/mol. The van der Waals surface area contributed by atoms with Gasteiger partial charge < -0.3 is 9.08 Å². The van der Waals surface area contributed by atoms with E-state index in [1.54, 1.807) is 4.72 Å². The molecule has 0 radical (unpaired) electrons. The molecule has 38 heavy (non-hydrogen) atoms. The van der Waals surface area contributed by atoms with Crippen LogP contribution in [0.5, 0.6) is 5.75 Å². The molecule has 4 rings (SSSR count). The van der Waals surface area contributed by atoms with Crippen LogP contribution in [0.2, 0.25) is 15.1 Å². The van der Waals surface area contributed by atoms with Gasteiger partial charge in [0.15, 0.2) is 11.6 Å². The summed E-state index contributed by atoms with van der Waals surface area (Å²) in [5, 5.41) is 2.65. The average Bonchev–Trinajstić information content (AvgIpc) is 2.86. The number of nitrogens with zero attached hydrogens (tertiary/aromatic N) is 3. The number of carbonyl (C=O) groups excluding carboxylic acids is 1. The number of anilines is 2. The summed E-state index contributed by atoms with van der Waals surface area (Å²) in [6, 6.07) is 7.83. The van der Waals surface area contributed by atoms with Crippen LogP contribution in [-0.2, 0) is 20.1 Å². The molecule has 16 heteroatoms. The second-order valence-electron chi connectivity index (χ2n) is 8.06. The maximum absolute atomic E-state index is 13.3. The quantitative estimate of drug-likeness (QED) is 0.383. The van der Waals surface area contributed by atoms with Gasteiger partial charge >= 0.3 is 16.3 Å². The molecule has 2 aromatic carbocycles. The number of nitrogens with one attached hydrogen (secondary N) is 2. The first-order chi connectivity index (χ1) is 17.9. The molecule has 1 saturated heterocycles. The fourth-order valence-electron chi connectivity index (χ4n) is 3.56. The zero-order valence-electron chi connectivity index (χ0n) is 19.4. The minimum atomic E-state index is -4.73. The number of halogens is 3. The van der Waals surface area contributed by atoms with Crippen molar-refractivity contribution in [1.29, 1.82) is 0 Å². The summed E-state index contributed by atoms with van der Waals surface area (Å²) >= 11 is 17.6. The minimum absolute atomic E-state index is 0.110. The molecule has 0 spiro atoms. The zero-order chi connectivity index (χ0) is 27.5. The highest BCUT2D eigenvalue weighted by Gasteiger charge is 2.28. The lowest BCUT2D eigenvalue weighted by Gasteiger charge is -2.27. The number of amides is 2. The van der Waals surface area contributed by atoms with Crippen LogP contribution in [0.15, 0.2) is 58.5 Å². The number of sulfone groups is 1. The normalized spacial score (nSPS) is 14.1. The van der Waals surface area contributed by atoms with E-state index in [4.69, 9.17) is 39.0 Å². The SMILES string of the molecule is O=C(Nc1nc(N2CCCCC2)ncc1S(=O)(=O)c1ccc(Cl)cc1)NS(=O)(=O)Oc1ccc(Cl)cc1Cl. The molecular formula is C22H20Cl3N5O6S2. The van der Waals surface area contributed by atoms with Gasteiger partial charge in [-0.15, -0.1) is 0 Å². The Morgan fingerprint density at radius 3 is 2.24 bits per heavy atom. The Labute approximate surface area is 234 Å². The van der Waals surface area contributed by atoms with Crippen molar-refractivity contribution in [2.45, 2.75) is 29.1 Å². The first kappa shape index (κ1) is 28.2. The van der Waals surface area contributed by atoms with E-state index in [0.717, 1.165) is 25.5 Å². The van der Waals surface area contributed by atoms with Crippen molar-refractivity contribution in [3.63, 3.8) is 0 Å². The van der Waals surface area contributed by atoms with Gasteiger partial charge in [-0.1, -0.05) is 34.8 Å². The maximum atomic E-state index is 13.3. The number of piperidine rings is 1. The molecule has 0 atom stereocenters. The second kappa shape index (κ2) is 11.5. The maximum Gasteiger partial charge on any atom is 0.411 e. The highest BCUT2D eigenvalue weighted by atomic mass is 35.5. The molecule has 0 saturated carbocycles.